The number of aromatic amines is 1. The first-order chi connectivity index (χ1) is 8.72. The minimum atomic E-state index is -0.498. The van der Waals surface area contributed by atoms with E-state index in [0.717, 1.165) is 11.6 Å². The number of H-pyrrole nitrogens is 1. The average molecular weight is 265 g/mol. The number of thioether (sulfide) groups is 1. The fourth-order valence-electron chi connectivity index (χ4n) is 1.82. The lowest BCUT2D eigenvalue weighted by atomic mass is 10.2. The molecule has 1 unspecified atom stereocenters. The van der Waals surface area contributed by atoms with E-state index in [-0.39, 0.29) is 11.9 Å². The highest BCUT2D eigenvalue weighted by molar-refractivity contribution is 7.99. The molecule has 1 aromatic heterocycles. The van der Waals surface area contributed by atoms with Crippen LogP contribution in [0, 0.1) is 0 Å². The van der Waals surface area contributed by atoms with E-state index >= 15 is 0 Å². The molecular weight excluding hydrogens is 254 g/mol. The maximum atomic E-state index is 11.9. The number of fused-ring (bicyclic) bond motifs is 1. The Morgan fingerprint density at radius 2 is 2.39 bits per heavy atom. The Bertz CT molecular complexity index is 642. The van der Waals surface area contributed by atoms with Gasteiger partial charge in [-0.2, -0.15) is 0 Å². The molecule has 1 aliphatic rings. The van der Waals surface area contributed by atoms with Gasteiger partial charge in [-0.1, -0.05) is 0 Å². The van der Waals surface area contributed by atoms with Crippen molar-refractivity contribution in [2.75, 3.05) is 16.9 Å². The molecule has 7 heteroatoms. The van der Waals surface area contributed by atoms with Gasteiger partial charge in [0.1, 0.15) is 0 Å². The standard InChI is InChI=1S/C11H11N3O3S/c15-10(8-4-18-5-12-8)13-6-1-2-9-7(3-6)14-11(16)17-9/h1-3,8,12H,4-5H2,(H,13,15)(H,14,16). The van der Waals surface area contributed by atoms with Gasteiger partial charge in [-0.15, -0.1) is 11.8 Å². The van der Waals surface area contributed by atoms with Crippen molar-refractivity contribution in [3.05, 3.63) is 28.7 Å². The molecule has 0 bridgehead atoms. The molecule has 2 heterocycles. The number of hydrogen-bond donors (Lipinski definition) is 3. The van der Waals surface area contributed by atoms with E-state index in [1.54, 1.807) is 30.0 Å². The smallest absolute Gasteiger partial charge is 0.408 e. The molecule has 3 rings (SSSR count). The summed E-state index contributed by atoms with van der Waals surface area (Å²) < 4.78 is 4.89. The van der Waals surface area contributed by atoms with Gasteiger partial charge in [0.2, 0.25) is 5.91 Å². The lowest BCUT2D eigenvalue weighted by Gasteiger charge is -2.10. The average Bonchev–Trinajstić information content (AvgIpc) is 2.95. The molecule has 0 spiro atoms. The molecule has 18 heavy (non-hydrogen) atoms. The first-order valence-corrected chi connectivity index (χ1v) is 6.63. The van der Waals surface area contributed by atoms with Gasteiger partial charge in [-0.3, -0.25) is 15.1 Å². The van der Waals surface area contributed by atoms with Crippen LogP contribution in [0.25, 0.3) is 11.1 Å². The van der Waals surface area contributed by atoms with Crippen molar-refractivity contribution in [1.29, 1.82) is 0 Å². The Kier molecular flexibility index (Phi) is 2.85. The summed E-state index contributed by atoms with van der Waals surface area (Å²) in [7, 11) is 0. The minimum Gasteiger partial charge on any atom is -0.408 e. The van der Waals surface area contributed by atoms with Crippen molar-refractivity contribution in [3.63, 3.8) is 0 Å². The van der Waals surface area contributed by atoms with Crippen LogP contribution in [0.15, 0.2) is 27.4 Å². The van der Waals surface area contributed by atoms with Gasteiger partial charge >= 0.3 is 5.76 Å². The zero-order valence-corrected chi connectivity index (χ0v) is 10.2. The summed E-state index contributed by atoms with van der Waals surface area (Å²) in [4.78, 5) is 25.4. The van der Waals surface area contributed by atoms with E-state index in [2.05, 4.69) is 15.6 Å². The Hall–Kier alpha value is -1.73. The number of carbonyl (C=O) groups excluding carboxylic acids is 1. The normalized spacial score (nSPS) is 19.2. The van der Waals surface area contributed by atoms with Crippen LogP contribution in [0.3, 0.4) is 0 Å². The molecular formula is C11H11N3O3S. The second kappa shape index (κ2) is 4.51. The first-order valence-electron chi connectivity index (χ1n) is 5.47. The number of amides is 1. The topological polar surface area (TPSA) is 87.1 Å². The Balaban J connectivity index is 1.81. The SMILES string of the molecule is O=C(Nc1ccc2oc(=O)[nH]c2c1)C1CSCN1. The molecule has 1 saturated heterocycles. The Morgan fingerprint density at radius 1 is 1.50 bits per heavy atom. The number of hydrogen-bond acceptors (Lipinski definition) is 5. The van der Waals surface area contributed by atoms with Crippen molar-refractivity contribution in [2.45, 2.75) is 6.04 Å². The van der Waals surface area contributed by atoms with E-state index in [0.29, 0.717) is 16.8 Å². The van der Waals surface area contributed by atoms with Crippen LogP contribution < -0.4 is 16.4 Å². The van der Waals surface area contributed by atoms with Crippen molar-refractivity contribution >= 4 is 34.5 Å². The van der Waals surface area contributed by atoms with Crippen molar-refractivity contribution in [2.24, 2.45) is 0 Å². The largest absolute Gasteiger partial charge is 0.417 e. The zero-order valence-electron chi connectivity index (χ0n) is 9.36. The van der Waals surface area contributed by atoms with Gasteiger partial charge in [0, 0.05) is 17.3 Å². The van der Waals surface area contributed by atoms with Gasteiger partial charge < -0.3 is 9.73 Å². The number of rotatable bonds is 2. The van der Waals surface area contributed by atoms with Crippen LogP contribution in [-0.4, -0.2) is 28.6 Å². The molecule has 94 valence electrons. The lowest BCUT2D eigenvalue weighted by molar-refractivity contribution is -0.117. The van der Waals surface area contributed by atoms with Gasteiger partial charge in [0.15, 0.2) is 5.58 Å². The third-order valence-electron chi connectivity index (χ3n) is 2.72. The molecule has 0 radical (unpaired) electrons. The van der Waals surface area contributed by atoms with Crippen LogP contribution in [0.2, 0.25) is 0 Å². The second-order valence-electron chi connectivity index (χ2n) is 3.99. The quantitative estimate of drug-likeness (QED) is 0.745. The predicted octanol–water partition coefficient (Wildman–Crippen LogP) is 0.722. The lowest BCUT2D eigenvalue weighted by Crippen LogP contribution is -2.37. The summed E-state index contributed by atoms with van der Waals surface area (Å²) in [5.74, 6) is 1.01. The number of carbonyl (C=O) groups is 1. The monoisotopic (exact) mass is 265 g/mol. The van der Waals surface area contributed by atoms with E-state index in [1.807, 2.05) is 0 Å². The predicted molar refractivity (Wildman–Crippen MR) is 69.7 cm³/mol. The highest BCUT2D eigenvalue weighted by Gasteiger charge is 2.22. The molecule has 3 N–H and O–H groups in total. The first kappa shape index (κ1) is 11.4. The van der Waals surface area contributed by atoms with E-state index in [4.69, 9.17) is 4.42 Å². The molecule has 1 aliphatic heterocycles. The van der Waals surface area contributed by atoms with Gasteiger partial charge in [0.05, 0.1) is 11.6 Å². The van der Waals surface area contributed by atoms with Crippen molar-refractivity contribution in [1.82, 2.24) is 10.3 Å². The third-order valence-corrected chi connectivity index (χ3v) is 3.66. The number of benzene rings is 1. The second-order valence-corrected chi connectivity index (χ2v) is 5.02. The molecule has 0 aliphatic carbocycles. The third kappa shape index (κ3) is 2.14. The van der Waals surface area contributed by atoms with Crippen LogP contribution >= 0.6 is 11.8 Å². The Morgan fingerprint density at radius 3 is 3.17 bits per heavy atom. The number of nitrogens with one attached hydrogen (secondary N) is 3. The summed E-state index contributed by atoms with van der Waals surface area (Å²) in [5, 5.41) is 5.90. The highest BCUT2D eigenvalue weighted by Crippen LogP contribution is 2.17. The molecule has 1 amide bonds. The Labute approximate surface area is 106 Å². The van der Waals surface area contributed by atoms with E-state index < -0.39 is 5.76 Å². The van der Waals surface area contributed by atoms with Gasteiger partial charge in [0.25, 0.3) is 0 Å². The molecule has 1 aromatic carbocycles. The zero-order chi connectivity index (χ0) is 12.5. The highest BCUT2D eigenvalue weighted by atomic mass is 32.2. The van der Waals surface area contributed by atoms with Crippen LogP contribution in [0.4, 0.5) is 5.69 Å². The van der Waals surface area contributed by atoms with Gasteiger partial charge in [-0.25, -0.2) is 4.79 Å². The maximum Gasteiger partial charge on any atom is 0.417 e. The maximum absolute atomic E-state index is 11.9. The van der Waals surface area contributed by atoms with Crippen LogP contribution in [0.5, 0.6) is 0 Å². The fraction of sp³-hybridized carbons (Fsp3) is 0.273. The molecule has 2 aromatic rings. The van der Waals surface area contributed by atoms with Gasteiger partial charge in [-0.05, 0) is 18.2 Å². The number of anilines is 1. The summed E-state index contributed by atoms with van der Waals surface area (Å²) in [5.41, 5.74) is 1.70. The van der Waals surface area contributed by atoms with E-state index in [1.165, 1.54) is 0 Å². The summed E-state index contributed by atoms with van der Waals surface area (Å²) in [6.45, 7) is 0. The summed E-state index contributed by atoms with van der Waals surface area (Å²) in [6.07, 6.45) is 0. The van der Waals surface area contributed by atoms with E-state index in [9.17, 15) is 9.59 Å². The summed E-state index contributed by atoms with van der Waals surface area (Å²) >= 11 is 1.69. The number of aromatic nitrogens is 1. The van der Waals surface area contributed by atoms with Crippen molar-refractivity contribution in [3.8, 4) is 0 Å². The molecule has 1 atom stereocenters. The van der Waals surface area contributed by atoms with Crippen LogP contribution in [0.1, 0.15) is 0 Å². The fourth-order valence-corrected chi connectivity index (χ4v) is 2.76. The molecule has 1 fully saturated rings. The van der Waals surface area contributed by atoms with Crippen LogP contribution in [-0.2, 0) is 4.79 Å². The minimum absolute atomic E-state index is 0.0646. The molecule has 0 saturated carbocycles. The van der Waals surface area contributed by atoms with Crippen molar-refractivity contribution < 1.29 is 9.21 Å². The summed E-state index contributed by atoms with van der Waals surface area (Å²) in [6, 6.07) is 4.88. The molecule has 6 nitrogen and oxygen atoms in total. The number of oxazole rings is 1.